The molecule has 5 heterocycles. The van der Waals surface area contributed by atoms with Gasteiger partial charge in [-0.05, 0) is 88.7 Å². The Balaban J connectivity index is 0.000000178. The molecule has 0 aliphatic rings. The second kappa shape index (κ2) is 16.4. The second-order valence-corrected chi connectivity index (χ2v) is 9.76. The topological polar surface area (TPSA) is 110 Å². The molecule has 0 spiro atoms. The van der Waals surface area contributed by atoms with Gasteiger partial charge in [0.2, 0.25) is 0 Å². The van der Waals surface area contributed by atoms with E-state index in [-0.39, 0.29) is 26.5 Å². The van der Waals surface area contributed by atoms with Crippen LogP contribution < -0.4 is 10.5 Å². The first-order valence-electron chi connectivity index (χ1n) is 13.9. The summed E-state index contributed by atoms with van der Waals surface area (Å²) in [6, 6.07) is 26.0. The first-order valence-corrected chi connectivity index (χ1v) is 13.9. The van der Waals surface area contributed by atoms with Crippen LogP contribution in [-0.2, 0) is 19.8 Å². The van der Waals surface area contributed by atoms with Crippen molar-refractivity contribution in [3.63, 3.8) is 0 Å². The fourth-order valence-electron chi connectivity index (χ4n) is 4.15. The normalized spacial score (nSPS) is 10.1. The third-order valence-electron chi connectivity index (χ3n) is 7.00. The maximum Gasteiger partial charge on any atom is 1.00 e. The molecule has 227 valence electrons. The molecule has 0 saturated heterocycles. The van der Waals surface area contributed by atoms with Gasteiger partial charge in [-0.3, -0.25) is 5.73 Å². The van der Waals surface area contributed by atoms with Crippen molar-refractivity contribution in [3.05, 3.63) is 131 Å². The van der Waals surface area contributed by atoms with Crippen LogP contribution in [0, 0.1) is 47.6 Å². The van der Waals surface area contributed by atoms with E-state index in [2.05, 4.69) is 58.9 Å². The standard InChI is InChI=1S/C12H11N2O.2C11H13N3.Os/c13-9-15-11-5-3-4-10(8-11)12-6-1-2-7-14-12;2*1-8-9(2)13-14(10(8)3)11-6-4-5-7-12-11;/h1-3,5-8H,9,13H2;2*4-7H,1-3H3;/q-1;;;+1. The molecule has 2 N–H and O–H groups in total. The summed E-state index contributed by atoms with van der Waals surface area (Å²) in [7, 11) is 0. The minimum atomic E-state index is 0. The van der Waals surface area contributed by atoms with E-state index in [0.717, 1.165) is 51.4 Å². The van der Waals surface area contributed by atoms with E-state index < -0.39 is 0 Å². The summed E-state index contributed by atoms with van der Waals surface area (Å²) in [6.07, 6.45) is 5.31. The van der Waals surface area contributed by atoms with Crippen LogP contribution >= 0.6 is 0 Å². The van der Waals surface area contributed by atoms with Crippen LogP contribution in [0.5, 0.6) is 5.75 Å². The SMILES string of the molecule is Cc1nn(-c2ccccn2)c(C)c1C.Cc1nn(-c2ccccn2)c(C)c1C.NCOc1cc[c-]c(-c2ccccn2)c1.[Os+]. The third-order valence-corrected chi connectivity index (χ3v) is 7.00. The average molecular weight is 764 g/mol. The number of hydrogen-bond donors (Lipinski definition) is 1. The van der Waals surface area contributed by atoms with Gasteiger partial charge in [0.05, 0.1) is 11.4 Å². The minimum Gasteiger partial charge on any atom is -0.498 e. The van der Waals surface area contributed by atoms with Crippen LogP contribution in [0.2, 0.25) is 0 Å². The number of benzene rings is 1. The average Bonchev–Trinajstić information content (AvgIpc) is 3.47. The largest absolute Gasteiger partial charge is 1.00 e. The number of aromatic nitrogens is 7. The molecular weight excluding hydrogens is 727 g/mol. The Kier molecular flexibility index (Phi) is 12.6. The Morgan fingerprint density at radius 1 is 0.682 bits per heavy atom. The summed E-state index contributed by atoms with van der Waals surface area (Å²) < 4.78 is 8.96. The Bertz CT molecular complexity index is 1650. The number of nitrogens with zero attached hydrogens (tertiary/aromatic N) is 7. The van der Waals surface area contributed by atoms with Crippen LogP contribution in [0.15, 0.2) is 91.4 Å². The van der Waals surface area contributed by atoms with Gasteiger partial charge in [0.25, 0.3) is 0 Å². The van der Waals surface area contributed by atoms with E-state index in [1.165, 1.54) is 11.1 Å². The van der Waals surface area contributed by atoms with Crippen molar-refractivity contribution in [2.45, 2.75) is 41.5 Å². The smallest absolute Gasteiger partial charge is 0.498 e. The van der Waals surface area contributed by atoms with Crippen molar-refractivity contribution in [2.75, 3.05) is 6.73 Å². The molecule has 0 unspecified atom stereocenters. The Morgan fingerprint density at radius 2 is 1.18 bits per heavy atom. The number of rotatable bonds is 5. The summed E-state index contributed by atoms with van der Waals surface area (Å²) in [6.45, 7) is 12.5. The summed E-state index contributed by atoms with van der Waals surface area (Å²) in [4.78, 5) is 12.8. The molecule has 9 nitrogen and oxygen atoms in total. The molecule has 0 atom stereocenters. The van der Waals surface area contributed by atoms with Gasteiger partial charge in [-0.15, -0.1) is 29.8 Å². The zero-order valence-corrected chi connectivity index (χ0v) is 28.4. The summed E-state index contributed by atoms with van der Waals surface area (Å²) in [5, 5.41) is 8.87. The minimum absolute atomic E-state index is 0. The third kappa shape index (κ3) is 8.53. The Labute approximate surface area is 272 Å². The predicted molar refractivity (Wildman–Crippen MR) is 169 cm³/mol. The van der Waals surface area contributed by atoms with E-state index in [1.54, 1.807) is 24.7 Å². The summed E-state index contributed by atoms with van der Waals surface area (Å²) in [5.41, 5.74) is 14.0. The summed E-state index contributed by atoms with van der Waals surface area (Å²) >= 11 is 0. The second-order valence-electron chi connectivity index (χ2n) is 9.76. The molecule has 44 heavy (non-hydrogen) atoms. The van der Waals surface area contributed by atoms with Gasteiger partial charge in [0.1, 0.15) is 6.73 Å². The van der Waals surface area contributed by atoms with Crippen molar-refractivity contribution in [3.8, 4) is 28.6 Å². The molecule has 0 saturated carbocycles. The van der Waals surface area contributed by atoms with Crippen LogP contribution in [0.1, 0.15) is 33.9 Å². The molecule has 0 fully saturated rings. The molecule has 0 amide bonds. The van der Waals surface area contributed by atoms with Crippen molar-refractivity contribution >= 4 is 0 Å². The number of hydrogen-bond acceptors (Lipinski definition) is 7. The van der Waals surface area contributed by atoms with Crippen molar-refractivity contribution < 1.29 is 24.5 Å². The number of pyridine rings is 3. The first-order chi connectivity index (χ1) is 20.8. The number of nitrogens with two attached hydrogens (primary N) is 1. The van der Waals surface area contributed by atoms with Gasteiger partial charge in [0, 0.05) is 35.7 Å². The zero-order chi connectivity index (χ0) is 30.8. The van der Waals surface area contributed by atoms with Gasteiger partial charge in [-0.25, -0.2) is 19.3 Å². The van der Waals surface area contributed by atoms with Crippen molar-refractivity contribution in [1.29, 1.82) is 0 Å². The molecule has 1 aromatic carbocycles. The Hall–Kier alpha value is -4.51. The van der Waals surface area contributed by atoms with E-state index in [0.29, 0.717) is 0 Å². The van der Waals surface area contributed by atoms with Crippen LogP contribution in [0.4, 0.5) is 0 Å². The van der Waals surface area contributed by atoms with Gasteiger partial charge < -0.3 is 9.72 Å². The Morgan fingerprint density at radius 3 is 1.57 bits per heavy atom. The van der Waals surface area contributed by atoms with Gasteiger partial charge in [-0.1, -0.05) is 24.3 Å². The number of aryl methyl sites for hydroxylation is 2. The maximum absolute atomic E-state index is 5.30. The van der Waals surface area contributed by atoms with Gasteiger partial charge in [-0.2, -0.15) is 10.2 Å². The predicted octanol–water partition coefficient (Wildman–Crippen LogP) is 6.23. The van der Waals surface area contributed by atoms with Crippen molar-refractivity contribution in [2.24, 2.45) is 5.73 Å². The zero-order valence-electron chi connectivity index (χ0n) is 25.8. The van der Waals surface area contributed by atoms with E-state index in [4.69, 9.17) is 10.5 Å². The monoisotopic (exact) mass is 765 g/mol. The van der Waals surface area contributed by atoms with E-state index >= 15 is 0 Å². The van der Waals surface area contributed by atoms with Crippen LogP contribution in [0.25, 0.3) is 22.9 Å². The molecule has 10 heteroatoms. The van der Waals surface area contributed by atoms with E-state index in [9.17, 15) is 0 Å². The molecule has 0 bridgehead atoms. The molecule has 6 aromatic rings. The molecule has 0 aliphatic heterocycles. The molecular formula is C34H37N8OOs. The fraction of sp³-hybridized carbons (Fsp3) is 0.206. The summed E-state index contributed by atoms with van der Waals surface area (Å²) in [5.74, 6) is 2.49. The van der Waals surface area contributed by atoms with Gasteiger partial charge in [0.15, 0.2) is 11.6 Å². The van der Waals surface area contributed by atoms with Gasteiger partial charge >= 0.3 is 19.8 Å². The molecule has 5 aromatic heterocycles. The quantitative estimate of drug-likeness (QED) is 0.164. The molecule has 0 aliphatic carbocycles. The molecule has 1 radical (unpaired) electrons. The van der Waals surface area contributed by atoms with Crippen molar-refractivity contribution in [1.82, 2.24) is 34.5 Å². The first kappa shape index (κ1) is 34.0. The molecule has 6 rings (SSSR count). The van der Waals surface area contributed by atoms with Crippen LogP contribution in [-0.4, -0.2) is 41.2 Å². The fourth-order valence-corrected chi connectivity index (χ4v) is 4.15. The number of ether oxygens (including phenoxy) is 1. The van der Waals surface area contributed by atoms with E-state index in [1.807, 2.05) is 89.9 Å². The maximum atomic E-state index is 5.30. The van der Waals surface area contributed by atoms with Crippen LogP contribution in [0.3, 0.4) is 0 Å².